The van der Waals surface area contributed by atoms with Gasteiger partial charge < -0.3 is 10.2 Å². The number of benzene rings is 2. The fourth-order valence-electron chi connectivity index (χ4n) is 3.58. The van der Waals surface area contributed by atoms with E-state index in [1.807, 2.05) is 60.4 Å². The summed E-state index contributed by atoms with van der Waals surface area (Å²) in [5.41, 5.74) is 3.80. The van der Waals surface area contributed by atoms with Crippen molar-refractivity contribution in [3.05, 3.63) is 70.8 Å². The van der Waals surface area contributed by atoms with Crippen LogP contribution in [0.3, 0.4) is 0 Å². The standard InChI is InChI=1S/C24H30N2O2/c1-17-6-5-7-19(16-17)23(28)26-14-12-21(13-15-26)25-22(27)18-8-10-20(11-9-18)24(2,3)4/h5-11,16,21H,12-15H2,1-4H3,(H,25,27). The maximum Gasteiger partial charge on any atom is 0.253 e. The van der Waals surface area contributed by atoms with E-state index < -0.39 is 0 Å². The Morgan fingerprint density at radius 3 is 2.18 bits per heavy atom. The quantitative estimate of drug-likeness (QED) is 0.864. The van der Waals surface area contributed by atoms with Gasteiger partial charge in [0.25, 0.3) is 11.8 Å². The van der Waals surface area contributed by atoms with Gasteiger partial charge in [-0.1, -0.05) is 50.6 Å². The van der Waals surface area contributed by atoms with Gasteiger partial charge in [-0.25, -0.2) is 0 Å². The van der Waals surface area contributed by atoms with Crippen LogP contribution in [0.4, 0.5) is 0 Å². The molecule has 1 aliphatic heterocycles. The highest BCUT2D eigenvalue weighted by Gasteiger charge is 2.25. The fourth-order valence-corrected chi connectivity index (χ4v) is 3.58. The Balaban J connectivity index is 1.54. The Morgan fingerprint density at radius 2 is 1.61 bits per heavy atom. The fraction of sp³-hybridized carbons (Fsp3) is 0.417. The third-order valence-corrected chi connectivity index (χ3v) is 5.40. The van der Waals surface area contributed by atoms with Crippen molar-refractivity contribution in [1.29, 1.82) is 0 Å². The lowest BCUT2D eigenvalue weighted by Crippen LogP contribution is -2.46. The summed E-state index contributed by atoms with van der Waals surface area (Å²) in [7, 11) is 0. The monoisotopic (exact) mass is 378 g/mol. The van der Waals surface area contributed by atoms with Crippen LogP contribution in [0.5, 0.6) is 0 Å². The molecule has 0 aliphatic carbocycles. The molecule has 0 aromatic heterocycles. The molecule has 4 heteroatoms. The second-order valence-corrected chi connectivity index (χ2v) is 8.74. The van der Waals surface area contributed by atoms with Crippen molar-refractivity contribution in [1.82, 2.24) is 10.2 Å². The number of piperidine rings is 1. The molecule has 0 atom stereocenters. The van der Waals surface area contributed by atoms with Crippen LogP contribution in [-0.2, 0) is 5.41 Å². The number of hydrogen-bond donors (Lipinski definition) is 1. The van der Waals surface area contributed by atoms with Gasteiger partial charge in [-0.2, -0.15) is 0 Å². The van der Waals surface area contributed by atoms with E-state index in [1.54, 1.807) is 0 Å². The summed E-state index contributed by atoms with van der Waals surface area (Å²) in [6.07, 6.45) is 1.56. The van der Waals surface area contributed by atoms with Crippen LogP contribution >= 0.6 is 0 Å². The van der Waals surface area contributed by atoms with Gasteiger partial charge in [-0.15, -0.1) is 0 Å². The lowest BCUT2D eigenvalue weighted by Gasteiger charge is -2.32. The molecule has 0 saturated carbocycles. The van der Waals surface area contributed by atoms with Gasteiger partial charge in [-0.3, -0.25) is 9.59 Å². The lowest BCUT2D eigenvalue weighted by molar-refractivity contribution is 0.0698. The van der Waals surface area contributed by atoms with E-state index in [4.69, 9.17) is 0 Å². The SMILES string of the molecule is Cc1cccc(C(=O)N2CCC(NC(=O)c3ccc(C(C)(C)C)cc3)CC2)c1. The Morgan fingerprint density at radius 1 is 0.964 bits per heavy atom. The maximum atomic E-state index is 12.7. The summed E-state index contributed by atoms with van der Waals surface area (Å²) >= 11 is 0. The summed E-state index contributed by atoms with van der Waals surface area (Å²) in [6.45, 7) is 9.81. The lowest BCUT2D eigenvalue weighted by atomic mass is 9.86. The normalized spacial score (nSPS) is 15.4. The molecule has 148 valence electrons. The zero-order chi connectivity index (χ0) is 20.3. The predicted molar refractivity (Wildman–Crippen MR) is 113 cm³/mol. The van der Waals surface area contributed by atoms with Crippen molar-refractivity contribution >= 4 is 11.8 Å². The van der Waals surface area contributed by atoms with Gasteiger partial charge >= 0.3 is 0 Å². The molecule has 0 unspecified atom stereocenters. The minimum absolute atomic E-state index is 0.0380. The average Bonchev–Trinajstić information content (AvgIpc) is 2.67. The van der Waals surface area contributed by atoms with Crippen molar-refractivity contribution in [3.8, 4) is 0 Å². The van der Waals surface area contributed by atoms with Gasteiger partial charge in [0.2, 0.25) is 0 Å². The van der Waals surface area contributed by atoms with E-state index in [0.29, 0.717) is 18.7 Å². The first kappa shape index (κ1) is 20.1. The Bertz CT molecular complexity index is 842. The van der Waals surface area contributed by atoms with Gasteiger partial charge in [0.05, 0.1) is 0 Å². The summed E-state index contributed by atoms with van der Waals surface area (Å²) in [5.74, 6) is 0.0372. The first-order chi connectivity index (χ1) is 13.2. The first-order valence-electron chi connectivity index (χ1n) is 10.0. The highest BCUT2D eigenvalue weighted by Crippen LogP contribution is 2.22. The number of nitrogens with zero attached hydrogens (tertiary/aromatic N) is 1. The molecule has 1 saturated heterocycles. The van der Waals surface area contributed by atoms with E-state index in [2.05, 4.69) is 26.1 Å². The molecule has 0 bridgehead atoms. The molecule has 2 aromatic carbocycles. The van der Waals surface area contributed by atoms with Gasteiger partial charge in [-0.05, 0) is 55.0 Å². The first-order valence-corrected chi connectivity index (χ1v) is 10.0. The summed E-state index contributed by atoms with van der Waals surface area (Å²) in [5, 5.41) is 3.12. The number of rotatable bonds is 3. The molecule has 1 heterocycles. The topological polar surface area (TPSA) is 49.4 Å². The van der Waals surface area contributed by atoms with Crippen LogP contribution in [-0.4, -0.2) is 35.8 Å². The second kappa shape index (κ2) is 8.17. The number of aryl methyl sites for hydroxylation is 1. The van der Waals surface area contributed by atoms with Gasteiger partial charge in [0, 0.05) is 30.3 Å². The summed E-state index contributed by atoms with van der Waals surface area (Å²) in [4.78, 5) is 27.1. The maximum absolute atomic E-state index is 12.7. The van der Waals surface area contributed by atoms with Crippen molar-refractivity contribution in [3.63, 3.8) is 0 Å². The van der Waals surface area contributed by atoms with Gasteiger partial charge in [0.15, 0.2) is 0 Å². The number of amides is 2. The number of likely N-dealkylation sites (tertiary alicyclic amines) is 1. The van der Waals surface area contributed by atoms with Crippen LogP contribution < -0.4 is 5.32 Å². The Kier molecular flexibility index (Phi) is 5.87. The molecule has 3 rings (SSSR count). The van der Waals surface area contributed by atoms with E-state index in [9.17, 15) is 9.59 Å². The summed E-state index contributed by atoms with van der Waals surface area (Å²) < 4.78 is 0. The largest absolute Gasteiger partial charge is 0.349 e. The van der Waals surface area contributed by atoms with Crippen LogP contribution in [0.15, 0.2) is 48.5 Å². The molecule has 2 aromatic rings. The Labute approximate surface area is 167 Å². The highest BCUT2D eigenvalue weighted by atomic mass is 16.2. The van der Waals surface area contributed by atoms with Crippen LogP contribution in [0.2, 0.25) is 0 Å². The van der Waals surface area contributed by atoms with E-state index in [0.717, 1.165) is 24.0 Å². The number of carbonyl (C=O) groups excluding carboxylic acids is 2. The van der Waals surface area contributed by atoms with Crippen LogP contribution in [0, 0.1) is 6.92 Å². The average molecular weight is 379 g/mol. The van der Waals surface area contributed by atoms with Crippen molar-refractivity contribution in [2.24, 2.45) is 0 Å². The molecule has 0 radical (unpaired) electrons. The zero-order valence-corrected chi connectivity index (χ0v) is 17.3. The third-order valence-electron chi connectivity index (χ3n) is 5.40. The predicted octanol–water partition coefficient (Wildman–Crippen LogP) is 4.33. The number of hydrogen-bond acceptors (Lipinski definition) is 2. The molecular formula is C24H30N2O2. The minimum Gasteiger partial charge on any atom is -0.349 e. The molecule has 1 aliphatic rings. The van der Waals surface area contributed by atoms with Crippen molar-refractivity contribution < 1.29 is 9.59 Å². The van der Waals surface area contributed by atoms with E-state index in [-0.39, 0.29) is 23.3 Å². The van der Waals surface area contributed by atoms with Crippen LogP contribution in [0.25, 0.3) is 0 Å². The Hall–Kier alpha value is -2.62. The minimum atomic E-state index is -0.0380. The number of carbonyl (C=O) groups is 2. The van der Waals surface area contributed by atoms with E-state index >= 15 is 0 Å². The summed E-state index contributed by atoms with van der Waals surface area (Å²) in [6, 6.07) is 15.7. The molecular weight excluding hydrogens is 348 g/mol. The second-order valence-electron chi connectivity index (χ2n) is 8.74. The van der Waals surface area contributed by atoms with Crippen molar-refractivity contribution in [2.45, 2.75) is 52.0 Å². The number of nitrogens with one attached hydrogen (secondary N) is 1. The molecule has 0 spiro atoms. The smallest absolute Gasteiger partial charge is 0.253 e. The van der Waals surface area contributed by atoms with E-state index in [1.165, 1.54) is 5.56 Å². The highest BCUT2D eigenvalue weighted by molar-refractivity contribution is 5.95. The zero-order valence-electron chi connectivity index (χ0n) is 17.3. The molecule has 4 nitrogen and oxygen atoms in total. The van der Waals surface area contributed by atoms with Crippen LogP contribution in [0.1, 0.15) is 65.5 Å². The van der Waals surface area contributed by atoms with Crippen molar-refractivity contribution in [2.75, 3.05) is 13.1 Å². The molecule has 1 fully saturated rings. The molecule has 2 amide bonds. The third kappa shape index (κ3) is 4.80. The molecule has 28 heavy (non-hydrogen) atoms. The van der Waals surface area contributed by atoms with Gasteiger partial charge in [0.1, 0.15) is 0 Å². The molecule has 1 N–H and O–H groups in total.